The van der Waals surface area contributed by atoms with E-state index >= 15 is 0 Å². The number of hydrogen-bond donors (Lipinski definition) is 1. The van der Waals surface area contributed by atoms with Gasteiger partial charge in [-0.15, -0.1) is 0 Å². The fourth-order valence-corrected chi connectivity index (χ4v) is 2.18. The molecule has 1 aliphatic heterocycles. The molecular formula is C12H15Cl2N3O. The SMILES string of the molecule is CCN(C[C@@H]1COC(N)=N1)c1ccc(Cl)c(Cl)c1. The monoisotopic (exact) mass is 287 g/mol. The number of rotatable bonds is 4. The van der Waals surface area contributed by atoms with Crippen LogP contribution in [0.3, 0.4) is 0 Å². The number of ether oxygens (including phenoxy) is 1. The number of aliphatic imine (C=N–C) groups is 1. The average molecular weight is 288 g/mol. The van der Waals surface area contributed by atoms with Gasteiger partial charge in [-0.1, -0.05) is 23.2 Å². The Bertz CT molecular complexity index is 465. The summed E-state index contributed by atoms with van der Waals surface area (Å²) in [6.07, 6.45) is 0. The summed E-state index contributed by atoms with van der Waals surface area (Å²) in [6, 6.07) is 5.94. The Hall–Kier alpha value is -1.13. The number of nitrogens with zero attached hydrogens (tertiary/aromatic N) is 2. The molecule has 0 aromatic heterocycles. The minimum absolute atomic E-state index is 0.0689. The van der Waals surface area contributed by atoms with Crippen LogP contribution in [0.25, 0.3) is 0 Å². The van der Waals surface area contributed by atoms with Crippen LogP contribution >= 0.6 is 23.2 Å². The van der Waals surface area contributed by atoms with Gasteiger partial charge in [-0.25, -0.2) is 4.99 Å². The zero-order chi connectivity index (χ0) is 13.1. The highest BCUT2D eigenvalue weighted by Gasteiger charge is 2.20. The fraction of sp³-hybridized carbons (Fsp3) is 0.417. The van der Waals surface area contributed by atoms with Crippen molar-refractivity contribution in [3.05, 3.63) is 28.2 Å². The Balaban J connectivity index is 2.10. The van der Waals surface area contributed by atoms with E-state index in [0.717, 1.165) is 18.8 Å². The Kier molecular flexibility index (Phi) is 4.19. The number of hydrogen-bond acceptors (Lipinski definition) is 4. The lowest BCUT2D eigenvalue weighted by atomic mass is 10.2. The molecule has 0 bridgehead atoms. The maximum absolute atomic E-state index is 6.02. The molecule has 1 heterocycles. The van der Waals surface area contributed by atoms with Crippen molar-refractivity contribution in [2.45, 2.75) is 13.0 Å². The number of benzene rings is 1. The summed E-state index contributed by atoms with van der Waals surface area (Å²) in [5.74, 6) is 0. The van der Waals surface area contributed by atoms with Crippen LogP contribution in [0.15, 0.2) is 23.2 Å². The largest absolute Gasteiger partial charge is 0.463 e. The highest BCUT2D eigenvalue weighted by Crippen LogP contribution is 2.27. The normalized spacial score (nSPS) is 18.4. The van der Waals surface area contributed by atoms with E-state index in [9.17, 15) is 0 Å². The topological polar surface area (TPSA) is 50.9 Å². The fourth-order valence-electron chi connectivity index (χ4n) is 1.88. The zero-order valence-electron chi connectivity index (χ0n) is 10.1. The Labute approximate surface area is 116 Å². The summed E-state index contributed by atoms with van der Waals surface area (Å²) in [5, 5.41) is 1.11. The van der Waals surface area contributed by atoms with Crippen molar-refractivity contribution in [1.82, 2.24) is 0 Å². The summed E-state index contributed by atoms with van der Waals surface area (Å²) < 4.78 is 5.14. The first kappa shape index (κ1) is 13.3. The van der Waals surface area contributed by atoms with Crippen molar-refractivity contribution in [3.63, 3.8) is 0 Å². The quantitative estimate of drug-likeness (QED) is 0.926. The summed E-state index contributed by atoms with van der Waals surface area (Å²) in [7, 11) is 0. The molecular weight excluding hydrogens is 273 g/mol. The van der Waals surface area contributed by atoms with Crippen LogP contribution in [-0.4, -0.2) is 31.8 Å². The third-order valence-corrected chi connectivity index (χ3v) is 3.55. The highest BCUT2D eigenvalue weighted by molar-refractivity contribution is 6.42. The number of anilines is 1. The second-order valence-electron chi connectivity index (χ2n) is 4.07. The molecule has 2 rings (SSSR count). The third kappa shape index (κ3) is 3.00. The van der Waals surface area contributed by atoms with Crippen molar-refractivity contribution >= 4 is 34.9 Å². The number of likely N-dealkylation sites (N-methyl/N-ethyl adjacent to an activating group) is 1. The number of halogens is 2. The molecule has 1 aromatic rings. The van der Waals surface area contributed by atoms with Crippen LogP contribution in [0.2, 0.25) is 10.0 Å². The molecule has 0 radical (unpaired) electrons. The van der Waals surface area contributed by atoms with Gasteiger partial charge in [0.2, 0.25) is 0 Å². The smallest absolute Gasteiger partial charge is 0.282 e. The molecule has 98 valence electrons. The molecule has 1 atom stereocenters. The number of nitrogens with two attached hydrogens (primary N) is 1. The lowest BCUT2D eigenvalue weighted by Gasteiger charge is -2.25. The maximum atomic E-state index is 6.02. The van der Waals surface area contributed by atoms with Gasteiger partial charge in [0, 0.05) is 18.8 Å². The van der Waals surface area contributed by atoms with E-state index < -0.39 is 0 Å². The maximum Gasteiger partial charge on any atom is 0.282 e. The van der Waals surface area contributed by atoms with E-state index in [0.29, 0.717) is 16.7 Å². The predicted molar refractivity (Wildman–Crippen MR) is 75.7 cm³/mol. The highest BCUT2D eigenvalue weighted by atomic mass is 35.5. The van der Waals surface area contributed by atoms with Gasteiger partial charge in [0.05, 0.1) is 10.0 Å². The molecule has 18 heavy (non-hydrogen) atoms. The number of amidine groups is 1. The first-order valence-corrected chi connectivity index (χ1v) is 6.51. The Morgan fingerprint density at radius 2 is 2.22 bits per heavy atom. The third-order valence-electron chi connectivity index (χ3n) is 2.81. The van der Waals surface area contributed by atoms with Crippen molar-refractivity contribution in [3.8, 4) is 0 Å². The molecule has 0 aliphatic carbocycles. The van der Waals surface area contributed by atoms with Crippen LogP contribution in [-0.2, 0) is 4.74 Å². The van der Waals surface area contributed by atoms with Gasteiger partial charge < -0.3 is 15.4 Å². The molecule has 0 saturated heterocycles. The molecule has 4 nitrogen and oxygen atoms in total. The average Bonchev–Trinajstić information content (AvgIpc) is 2.75. The standard InChI is InChI=1S/C12H15Cl2N3O/c1-2-17(6-8-7-18-12(15)16-8)9-3-4-10(13)11(14)5-9/h3-5,8H,2,6-7H2,1H3,(H2,15,16)/t8-/m1/s1. The lowest BCUT2D eigenvalue weighted by molar-refractivity contribution is 0.313. The minimum atomic E-state index is 0.0689. The van der Waals surface area contributed by atoms with Gasteiger partial charge in [-0.2, -0.15) is 0 Å². The van der Waals surface area contributed by atoms with Gasteiger partial charge in [0.25, 0.3) is 6.02 Å². The van der Waals surface area contributed by atoms with E-state index in [4.69, 9.17) is 33.7 Å². The van der Waals surface area contributed by atoms with E-state index in [1.165, 1.54) is 0 Å². The van der Waals surface area contributed by atoms with Crippen LogP contribution < -0.4 is 10.6 Å². The van der Waals surface area contributed by atoms with Crippen LogP contribution in [0.4, 0.5) is 5.69 Å². The van der Waals surface area contributed by atoms with E-state index in [2.05, 4.69) is 16.8 Å². The Morgan fingerprint density at radius 1 is 1.44 bits per heavy atom. The molecule has 0 fully saturated rings. The zero-order valence-corrected chi connectivity index (χ0v) is 11.6. The van der Waals surface area contributed by atoms with Gasteiger partial charge in [0.1, 0.15) is 12.6 Å². The summed E-state index contributed by atoms with van der Waals surface area (Å²) >= 11 is 11.9. The van der Waals surface area contributed by atoms with E-state index in [1.807, 2.05) is 12.1 Å². The molecule has 0 saturated carbocycles. The molecule has 1 aliphatic rings. The minimum Gasteiger partial charge on any atom is -0.463 e. The molecule has 0 amide bonds. The first-order valence-electron chi connectivity index (χ1n) is 5.76. The Morgan fingerprint density at radius 3 is 2.78 bits per heavy atom. The first-order chi connectivity index (χ1) is 8.60. The summed E-state index contributed by atoms with van der Waals surface area (Å²) in [5.41, 5.74) is 6.52. The van der Waals surface area contributed by atoms with Gasteiger partial charge >= 0.3 is 0 Å². The summed E-state index contributed by atoms with van der Waals surface area (Å²) in [6.45, 7) is 4.20. The van der Waals surface area contributed by atoms with Gasteiger partial charge in [-0.3, -0.25) is 0 Å². The van der Waals surface area contributed by atoms with Crippen molar-refractivity contribution in [1.29, 1.82) is 0 Å². The van der Waals surface area contributed by atoms with Crippen molar-refractivity contribution in [2.75, 3.05) is 24.6 Å². The van der Waals surface area contributed by atoms with Crippen LogP contribution in [0.1, 0.15) is 6.92 Å². The van der Waals surface area contributed by atoms with Crippen molar-refractivity contribution < 1.29 is 4.74 Å². The van der Waals surface area contributed by atoms with Crippen molar-refractivity contribution in [2.24, 2.45) is 10.7 Å². The van der Waals surface area contributed by atoms with E-state index in [1.54, 1.807) is 6.07 Å². The van der Waals surface area contributed by atoms with Gasteiger partial charge in [-0.05, 0) is 25.1 Å². The summed E-state index contributed by atoms with van der Waals surface area (Å²) in [4.78, 5) is 6.38. The molecule has 0 unspecified atom stereocenters. The van der Waals surface area contributed by atoms with Crippen LogP contribution in [0, 0.1) is 0 Å². The predicted octanol–water partition coefficient (Wildman–Crippen LogP) is 2.53. The van der Waals surface area contributed by atoms with Gasteiger partial charge in [0.15, 0.2) is 0 Å². The van der Waals surface area contributed by atoms with Crippen LogP contribution in [0.5, 0.6) is 0 Å². The molecule has 0 spiro atoms. The molecule has 6 heteroatoms. The molecule has 1 aromatic carbocycles. The molecule has 2 N–H and O–H groups in total. The lowest BCUT2D eigenvalue weighted by Crippen LogP contribution is -2.32. The second kappa shape index (κ2) is 5.67. The second-order valence-corrected chi connectivity index (χ2v) is 4.88. The van der Waals surface area contributed by atoms with E-state index in [-0.39, 0.29) is 12.1 Å².